The summed E-state index contributed by atoms with van der Waals surface area (Å²) in [4.78, 5) is 0. The summed E-state index contributed by atoms with van der Waals surface area (Å²) in [5.74, 6) is 1.42. The first-order valence-electron chi connectivity index (χ1n) is 4.95. The van der Waals surface area contributed by atoms with Crippen LogP contribution in [0.4, 0.5) is 5.82 Å². The first-order valence-corrected chi connectivity index (χ1v) is 4.95. The van der Waals surface area contributed by atoms with Gasteiger partial charge >= 0.3 is 0 Å². The lowest BCUT2D eigenvalue weighted by Gasteiger charge is -2.31. The average Bonchev–Trinajstić information content (AvgIpc) is 2.11. The van der Waals surface area contributed by atoms with Crippen molar-refractivity contribution < 1.29 is 5.11 Å². The maximum Gasteiger partial charge on any atom is 0.148 e. The lowest BCUT2D eigenvalue weighted by atomic mass is 9.82. The average molecular weight is 193 g/mol. The topological polar surface area (TPSA) is 58.0 Å². The minimum absolute atomic E-state index is 0.0783. The van der Waals surface area contributed by atoms with Crippen molar-refractivity contribution in [1.29, 1.82) is 0 Å². The molecule has 4 nitrogen and oxygen atoms in total. The number of rotatable bonds is 3. The predicted molar refractivity (Wildman–Crippen MR) is 54.0 cm³/mol. The van der Waals surface area contributed by atoms with Gasteiger partial charge in [0.15, 0.2) is 0 Å². The highest BCUT2D eigenvalue weighted by Crippen LogP contribution is 2.26. The minimum Gasteiger partial charge on any atom is -0.393 e. The Kier molecular flexibility index (Phi) is 2.63. The van der Waals surface area contributed by atoms with Crippen molar-refractivity contribution in [3.63, 3.8) is 0 Å². The molecule has 1 fully saturated rings. The van der Waals surface area contributed by atoms with E-state index in [0.717, 1.165) is 30.8 Å². The van der Waals surface area contributed by atoms with Crippen LogP contribution in [0.3, 0.4) is 0 Å². The Morgan fingerprint density at radius 1 is 1.57 bits per heavy atom. The molecule has 0 aromatic carbocycles. The summed E-state index contributed by atoms with van der Waals surface area (Å²) < 4.78 is 0. The van der Waals surface area contributed by atoms with Gasteiger partial charge in [-0.2, -0.15) is 5.10 Å². The Morgan fingerprint density at radius 3 is 3.00 bits per heavy atom. The van der Waals surface area contributed by atoms with Gasteiger partial charge in [0.2, 0.25) is 0 Å². The fourth-order valence-electron chi connectivity index (χ4n) is 1.67. The Balaban J connectivity index is 1.80. The molecule has 1 aliphatic carbocycles. The molecule has 0 radical (unpaired) electrons. The van der Waals surface area contributed by atoms with Crippen molar-refractivity contribution in [1.82, 2.24) is 10.2 Å². The molecule has 0 amide bonds. The number of hydrogen-bond acceptors (Lipinski definition) is 4. The summed E-state index contributed by atoms with van der Waals surface area (Å²) in [6.45, 7) is 2.88. The first kappa shape index (κ1) is 9.40. The van der Waals surface area contributed by atoms with Gasteiger partial charge < -0.3 is 10.4 Å². The van der Waals surface area contributed by atoms with Crippen LogP contribution in [0, 0.1) is 12.8 Å². The Labute approximate surface area is 83.4 Å². The fraction of sp³-hybridized carbons (Fsp3) is 0.600. The molecule has 0 saturated heterocycles. The van der Waals surface area contributed by atoms with E-state index in [4.69, 9.17) is 5.11 Å². The smallest absolute Gasteiger partial charge is 0.148 e. The second-order valence-corrected chi connectivity index (χ2v) is 3.99. The van der Waals surface area contributed by atoms with Crippen LogP contribution in [0.1, 0.15) is 18.4 Å². The number of aromatic nitrogens is 2. The van der Waals surface area contributed by atoms with Crippen LogP contribution >= 0.6 is 0 Å². The molecular weight excluding hydrogens is 178 g/mol. The van der Waals surface area contributed by atoms with Gasteiger partial charge in [-0.15, -0.1) is 5.10 Å². The Morgan fingerprint density at radius 2 is 2.36 bits per heavy atom. The van der Waals surface area contributed by atoms with E-state index in [-0.39, 0.29) is 6.10 Å². The molecule has 0 spiro atoms. The summed E-state index contributed by atoms with van der Waals surface area (Å²) in [5.41, 5.74) is 1.11. The maximum atomic E-state index is 9.10. The maximum absolute atomic E-state index is 9.10. The third-order valence-corrected chi connectivity index (χ3v) is 2.57. The second kappa shape index (κ2) is 3.92. The molecule has 76 valence electrons. The van der Waals surface area contributed by atoms with Crippen LogP contribution < -0.4 is 5.32 Å². The standard InChI is InChI=1S/C10H15N3O/c1-7-2-10(13-12-5-7)11-6-8-3-9(14)4-8/h2,5,8-9,14H,3-4,6H2,1H3,(H,11,13). The number of aryl methyl sites for hydroxylation is 1. The Hall–Kier alpha value is -1.16. The molecule has 1 aromatic rings. The Bertz CT molecular complexity index is 310. The molecule has 1 saturated carbocycles. The van der Waals surface area contributed by atoms with E-state index in [2.05, 4.69) is 15.5 Å². The lowest BCUT2D eigenvalue weighted by molar-refractivity contribution is 0.0486. The van der Waals surface area contributed by atoms with Crippen molar-refractivity contribution >= 4 is 5.82 Å². The van der Waals surface area contributed by atoms with E-state index >= 15 is 0 Å². The number of nitrogens with one attached hydrogen (secondary N) is 1. The third kappa shape index (κ3) is 2.20. The van der Waals surface area contributed by atoms with E-state index in [1.807, 2.05) is 13.0 Å². The highest BCUT2D eigenvalue weighted by molar-refractivity contribution is 5.35. The minimum atomic E-state index is -0.0783. The number of aliphatic hydroxyl groups is 1. The van der Waals surface area contributed by atoms with Crippen molar-refractivity contribution in [2.24, 2.45) is 5.92 Å². The zero-order valence-corrected chi connectivity index (χ0v) is 8.27. The van der Waals surface area contributed by atoms with Crippen LogP contribution in [0.15, 0.2) is 12.3 Å². The predicted octanol–water partition coefficient (Wildman–Crippen LogP) is 0.968. The van der Waals surface area contributed by atoms with E-state index in [1.165, 1.54) is 0 Å². The third-order valence-electron chi connectivity index (χ3n) is 2.57. The van der Waals surface area contributed by atoms with E-state index in [0.29, 0.717) is 5.92 Å². The molecule has 2 rings (SSSR count). The lowest BCUT2D eigenvalue weighted by Crippen LogP contribution is -2.33. The molecule has 1 heterocycles. The zero-order valence-electron chi connectivity index (χ0n) is 8.27. The monoisotopic (exact) mass is 193 g/mol. The molecule has 0 unspecified atom stereocenters. The zero-order chi connectivity index (χ0) is 9.97. The van der Waals surface area contributed by atoms with Gasteiger partial charge in [-0.3, -0.25) is 0 Å². The SMILES string of the molecule is Cc1cnnc(NCC2CC(O)C2)c1. The normalized spacial score (nSPS) is 25.6. The summed E-state index contributed by atoms with van der Waals surface area (Å²) >= 11 is 0. The van der Waals surface area contributed by atoms with Gasteiger partial charge in [0.1, 0.15) is 5.82 Å². The molecule has 1 aliphatic rings. The molecular formula is C10H15N3O. The number of aliphatic hydroxyl groups excluding tert-OH is 1. The molecule has 0 aliphatic heterocycles. The number of nitrogens with zero attached hydrogens (tertiary/aromatic N) is 2. The largest absolute Gasteiger partial charge is 0.393 e. The quantitative estimate of drug-likeness (QED) is 0.751. The van der Waals surface area contributed by atoms with Crippen molar-refractivity contribution in [2.75, 3.05) is 11.9 Å². The van der Waals surface area contributed by atoms with Gasteiger partial charge in [-0.05, 0) is 37.3 Å². The van der Waals surface area contributed by atoms with Crippen LogP contribution in [0.5, 0.6) is 0 Å². The number of anilines is 1. The molecule has 4 heteroatoms. The number of hydrogen-bond donors (Lipinski definition) is 2. The fourth-order valence-corrected chi connectivity index (χ4v) is 1.67. The highest BCUT2D eigenvalue weighted by atomic mass is 16.3. The molecule has 0 atom stereocenters. The molecule has 14 heavy (non-hydrogen) atoms. The van der Waals surface area contributed by atoms with Crippen LogP contribution in [0.2, 0.25) is 0 Å². The van der Waals surface area contributed by atoms with Crippen molar-refractivity contribution in [3.8, 4) is 0 Å². The van der Waals surface area contributed by atoms with Crippen molar-refractivity contribution in [2.45, 2.75) is 25.9 Å². The van der Waals surface area contributed by atoms with E-state index in [1.54, 1.807) is 6.20 Å². The molecule has 1 aromatic heterocycles. The molecule has 0 bridgehead atoms. The molecule has 2 N–H and O–H groups in total. The first-order chi connectivity index (χ1) is 6.74. The summed E-state index contributed by atoms with van der Waals surface area (Å²) in [6.07, 6.45) is 3.47. The van der Waals surface area contributed by atoms with Gasteiger partial charge in [0, 0.05) is 6.54 Å². The van der Waals surface area contributed by atoms with E-state index in [9.17, 15) is 0 Å². The van der Waals surface area contributed by atoms with Gasteiger partial charge in [0.05, 0.1) is 12.3 Å². The summed E-state index contributed by atoms with van der Waals surface area (Å²) in [5, 5.41) is 20.2. The van der Waals surface area contributed by atoms with Crippen LogP contribution in [0.25, 0.3) is 0 Å². The van der Waals surface area contributed by atoms with Crippen LogP contribution in [-0.2, 0) is 0 Å². The summed E-state index contributed by atoms with van der Waals surface area (Å²) in [6, 6.07) is 1.97. The van der Waals surface area contributed by atoms with Crippen LogP contribution in [-0.4, -0.2) is 28.0 Å². The van der Waals surface area contributed by atoms with Gasteiger partial charge in [-0.1, -0.05) is 0 Å². The highest BCUT2D eigenvalue weighted by Gasteiger charge is 2.26. The van der Waals surface area contributed by atoms with Crippen molar-refractivity contribution in [3.05, 3.63) is 17.8 Å². The van der Waals surface area contributed by atoms with Gasteiger partial charge in [-0.25, -0.2) is 0 Å². The van der Waals surface area contributed by atoms with E-state index < -0.39 is 0 Å². The summed E-state index contributed by atoms with van der Waals surface area (Å²) in [7, 11) is 0. The second-order valence-electron chi connectivity index (χ2n) is 3.99. The van der Waals surface area contributed by atoms with Gasteiger partial charge in [0.25, 0.3) is 0 Å².